The molecule has 4 nitrogen and oxygen atoms in total. The molecule has 0 aliphatic rings. The topological polar surface area (TPSA) is 51.8 Å². The van der Waals surface area contributed by atoms with E-state index in [4.69, 9.17) is 19.4 Å². The molecule has 0 atom stereocenters. The number of hydrogen-bond acceptors (Lipinski definition) is 4. The van der Waals surface area contributed by atoms with Crippen molar-refractivity contribution in [3.63, 3.8) is 0 Å². The van der Waals surface area contributed by atoms with E-state index in [1.165, 1.54) is 0 Å². The van der Waals surface area contributed by atoms with Gasteiger partial charge in [0.25, 0.3) is 0 Å². The van der Waals surface area contributed by atoms with Crippen molar-refractivity contribution in [1.82, 2.24) is 15.0 Å². The van der Waals surface area contributed by atoms with Gasteiger partial charge < -0.3 is 4.42 Å². The zero-order valence-electron chi connectivity index (χ0n) is 28.6. The summed E-state index contributed by atoms with van der Waals surface area (Å²) in [5.41, 5.74) is 11.2. The molecule has 10 aromatic rings. The van der Waals surface area contributed by atoms with Gasteiger partial charge in [-0.15, -0.1) is 0 Å². The maximum atomic E-state index is 6.46. The second-order valence-corrected chi connectivity index (χ2v) is 13.2. The lowest BCUT2D eigenvalue weighted by Crippen LogP contribution is -2.01. The average molecular weight is 678 g/mol. The lowest BCUT2D eigenvalue weighted by molar-refractivity contribution is 0.670. The molecule has 0 saturated carbocycles. The molecular formula is C49H31N3O. The second-order valence-electron chi connectivity index (χ2n) is 13.2. The van der Waals surface area contributed by atoms with Crippen molar-refractivity contribution < 1.29 is 4.42 Å². The van der Waals surface area contributed by atoms with Crippen LogP contribution in [0.25, 0.3) is 100 Å². The molecule has 0 aliphatic heterocycles. The molecule has 0 amide bonds. The molecule has 0 radical (unpaired) electrons. The van der Waals surface area contributed by atoms with Crippen LogP contribution in [0, 0.1) is 0 Å². The van der Waals surface area contributed by atoms with E-state index in [0.29, 0.717) is 17.5 Å². The summed E-state index contributed by atoms with van der Waals surface area (Å²) < 4.78 is 6.46. The molecule has 0 N–H and O–H groups in total. The van der Waals surface area contributed by atoms with Crippen molar-refractivity contribution in [2.45, 2.75) is 0 Å². The molecule has 4 heteroatoms. The quantitative estimate of drug-likeness (QED) is 0.176. The van der Waals surface area contributed by atoms with Crippen LogP contribution < -0.4 is 0 Å². The Bertz CT molecular complexity index is 2950. The van der Waals surface area contributed by atoms with Gasteiger partial charge in [0.1, 0.15) is 11.2 Å². The van der Waals surface area contributed by atoms with Gasteiger partial charge in [0.2, 0.25) is 0 Å². The Morgan fingerprint density at radius 3 is 1.58 bits per heavy atom. The zero-order valence-corrected chi connectivity index (χ0v) is 28.6. The number of fused-ring (bicyclic) bond motifs is 4. The van der Waals surface area contributed by atoms with E-state index in [1.54, 1.807) is 0 Å². The summed E-state index contributed by atoms with van der Waals surface area (Å²) in [6, 6.07) is 65.1. The third-order valence-corrected chi connectivity index (χ3v) is 9.97. The summed E-state index contributed by atoms with van der Waals surface area (Å²) in [7, 11) is 0. The molecule has 0 bridgehead atoms. The minimum absolute atomic E-state index is 0.621. The maximum absolute atomic E-state index is 6.46. The van der Waals surface area contributed by atoms with E-state index < -0.39 is 0 Å². The highest BCUT2D eigenvalue weighted by Gasteiger charge is 2.18. The van der Waals surface area contributed by atoms with Crippen molar-refractivity contribution in [2.24, 2.45) is 0 Å². The first kappa shape index (κ1) is 30.6. The standard InChI is InChI=1S/C49H31N3O/c1-3-15-32(16-4-1)36-21-7-10-25-44(36)49-51-47(33-17-5-2-6-18-33)50-48(52-49)35-20-13-19-34(31-35)37-29-30-40(39-23-9-8-22-38(37)39)42-26-14-27-43-41-24-11-12-28-45(41)53-46(42)43/h1-31H. The van der Waals surface area contributed by atoms with Crippen LogP contribution in [0.5, 0.6) is 0 Å². The highest BCUT2D eigenvalue weighted by atomic mass is 16.3. The fourth-order valence-electron chi connectivity index (χ4n) is 7.46. The van der Waals surface area contributed by atoms with Crippen LogP contribution in [0.15, 0.2) is 192 Å². The van der Waals surface area contributed by atoms with Crippen LogP contribution in [0.4, 0.5) is 0 Å². The summed E-state index contributed by atoms with van der Waals surface area (Å²) in [5.74, 6) is 1.89. The summed E-state index contributed by atoms with van der Waals surface area (Å²) in [6.07, 6.45) is 0. The van der Waals surface area contributed by atoms with Crippen LogP contribution in [-0.2, 0) is 0 Å². The normalized spacial score (nSPS) is 11.4. The number of para-hydroxylation sites is 2. The number of nitrogens with zero attached hydrogens (tertiary/aromatic N) is 3. The van der Waals surface area contributed by atoms with Crippen LogP contribution in [0.1, 0.15) is 0 Å². The number of hydrogen-bond donors (Lipinski definition) is 0. The van der Waals surface area contributed by atoms with Crippen LogP contribution in [0.3, 0.4) is 0 Å². The minimum atomic E-state index is 0.621. The van der Waals surface area contributed by atoms with Crippen molar-refractivity contribution >= 4 is 32.7 Å². The Morgan fingerprint density at radius 2 is 0.792 bits per heavy atom. The summed E-state index contributed by atoms with van der Waals surface area (Å²) in [6.45, 7) is 0. The highest BCUT2D eigenvalue weighted by Crippen LogP contribution is 2.41. The van der Waals surface area contributed by atoms with Crippen LogP contribution in [0.2, 0.25) is 0 Å². The molecular weight excluding hydrogens is 647 g/mol. The first-order valence-corrected chi connectivity index (χ1v) is 17.8. The fraction of sp³-hybridized carbons (Fsp3) is 0. The molecule has 2 aromatic heterocycles. The summed E-state index contributed by atoms with van der Waals surface area (Å²) in [4.78, 5) is 15.3. The molecule has 0 spiro atoms. The molecule has 0 unspecified atom stereocenters. The molecule has 0 saturated heterocycles. The fourth-order valence-corrected chi connectivity index (χ4v) is 7.46. The molecule has 2 heterocycles. The van der Waals surface area contributed by atoms with E-state index in [1.807, 2.05) is 54.6 Å². The van der Waals surface area contributed by atoms with Gasteiger partial charge in [-0.1, -0.05) is 176 Å². The van der Waals surface area contributed by atoms with E-state index in [0.717, 1.165) is 82.8 Å². The third-order valence-electron chi connectivity index (χ3n) is 9.97. The van der Waals surface area contributed by atoms with Crippen molar-refractivity contribution in [3.05, 3.63) is 188 Å². The molecule has 53 heavy (non-hydrogen) atoms. The average Bonchev–Trinajstić information content (AvgIpc) is 3.63. The van der Waals surface area contributed by atoms with Gasteiger partial charge in [-0.25, -0.2) is 15.0 Å². The summed E-state index contributed by atoms with van der Waals surface area (Å²) >= 11 is 0. The van der Waals surface area contributed by atoms with E-state index in [2.05, 4.69) is 133 Å². The maximum Gasteiger partial charge on any atom is 0.164 e. The van der Waals surface area contributed by atoms with Gasteiger partial charge in [0.05, 0.1) is 0 Å². The monoisotopic (exact) mass is 677 g/mol. The highest BCUT2D eigenvalue weighted by molar-refractivity contribution is 6.13. The van der Waals surface area contributed by atoms with Crippen LogP contribution >= 0.6 is 0 Å². The second kappa shape index (κ2) is 12.9. The van der Waals surface area contributed by atoms with Gasteiger partial charge in [0, 0.05) is 33.0 Å². The van der Waals surface area contributed by atoms with E-state index >= 15 is 0 Å². The lowest BCUT2D eigenvalue weighted by atomic mass is 9.91. The number of rotatable bonds is 6. The molecule has 248 valence electrons. The zero-order chi connectivity index (χ0) is 35.1. The Balaban J connectivity index is 1.12. The van der Waals surface area contributed by atoms with Gasteiger partial charge in [-0.2, -0.15) is 0 Å². The SMILES string of the molecule is c1ccc(-c2nc(-c3cccc(-c4ccc(-c5cccc6c5oc5ccccc56)c5ccccc45)c3)nc(-c3ccccc3-c3ccccc3)n2)cc1. The Morgan fingerprint density at radius 1 is 0.283 bits per heavy atom. The Kier molecular flexibility index (Phi) is 7.43. The van der Waals surface area contributed by atoms with E-state index in [9.17, 15) is 0 Å². The van der Waals surface area contributed by atoms with E-state index in [-0.39, 0.29) is 0 Å². The smallest absolute Gasteiger partial charge is 0.164 e. The summed E-state index contributed by atoms with van der Waals surface area (Å²) in [5, 5.41) is 4.57. The first-order valence-electron chi connectivity index (χ1n) is 17.8. The van der Waals surface area contributed by atoms with Crippen LogP contribution in [-0.4, -0.2) is 15.0 Å². The predicted octanol–water partition coefficient (Wildman–Crippen LogP) is 12.9. The lowest BCUT2D eigenvalue weighted by Gasteiger charge is -2.14. The third kappa shape index (κ3) is 5.45. The van der Waals surface area contributed by atoms with Crippen molar-refractivity contribution in [3.8, 4) is 67.5 Å². The van der Waals surface area contributed by atoms with Gasteiger partial charge in [-0.05, 0) is 50.7 Å². The molecule has 8 aromatic carbocycles. The van der Waals surface area contributed by atoms with Crippen molar-refractivity contribution in [1.29, 1.82) is 0 Å². The molecule has 10 rings (SSSR count). The molecule has 0 aliphatic carbocycles. The Hall–Kier alpha value is -7.17. The van der Waals surface area contributed by atoms with Gasteiger partial charge >= 0.3 is 0 Å². The van der Waals surface area contributed by atoms with Gasteiger partial charge in [-0.3, -0.25) is 0 Å². The Labute approximate surface area is 306 Å². The minimum Gasteiger partial charge on any atom is -0.455 e. The predicted molar refractivity (Wildman–Crippen MR) is 217 cm³/mol. The number of furan rings is 1. The largest absolute Gasteiger partial charge is 0.455 e. The number of aromatic nitrogens is 3. The van der Waals surface area contributed by atoms with Crippen molar-refractivity contribution in [2.75, 3.05) is 0 Å². The van der Waals surface area contributed by atoms with Gasteiger partial charge in [0.15, 0.2) is 17.5 Å². The molecule has 0 fully saturated rings. The number of benzene rings is 8. The first-order chi connectivity index (χ1) is 26.3.